The Morgan fingerprint density at radius 3 is 2.85 bits per heavy atom. The first-order valence-electron chi connectivity index (χ1n) is 7.98. The summed E-state index contributed by atoms with van der Waals surface area (Å²) in [5, 5.41) is 11.8. The molecular weight excluding hydrogens is 350 g/mol. The maximum Gasteiger partial charge on any atom is 0.273 e. The van der Waals surface area contributed by atoms with Gasteiger partial charge in [-0.15, -0.1) is 6.58 Å². The molecule has 0 radical (unpaired) electrons. The van der Waals surface area contributed by atoms with E-state index >= 15 is 0 Å². The number of hydrogen-bond acceptors (Lipinski definition) is 5. The Bertz CT molecular complexity index is 1010. The molecule has 0 spiro atoms. The Labute approximate surface area is 154 Å². The van der Waals surface area contributed by atoms with Gasteiger partial charge in [-0.2, -0.15) is 0 Å². The van der Waals surface area contributed by atoms with Gasteiger partial charge in [0.05, 0.1) is 21.7 Å². The molecule has 132 valence electrons. The van der Waals surface area contributed by atoms with Crippen molar-refractivity contribution in [2.24, 2.45) is 0 Å². The number of ketones is 1. The number of hydrogen-bond donors (Lipinski definition) is 0. The smallest absolute Gasteiger partial charge is 0.273 e. The fourth-order valence-electron chi connectivity index (χ4n) is 2.66. The Hall–Kier alpha value is -2.93. The molecule has 0 saturated heterocycles. The molecule has 3 rings (SSSR count). The quantitative estimate of drug-likeness (QED) is 0.203. The Morgan fingerprint density at radius 2 is 2.12 bits per heavy atom. The molecule has 2 aromatic carbocycles. The number of nitro benzene ring substituents is 1. The number of nitrogens with zero attached hydrogens (tertiary/aromatic N) is 3. The van der Waals surface area contributed by atoms with E-state index in [-0.39, 0.29) is 17.2 Å². The van der Waals surface area contributed by atoms with Crippen LogP contribution in [-0.2, 0) is 6.54 Å². The van der Waals surface area contributed by atoms with Crippen LogP contribution in [0.3, 0.4) is 0 Å². The highest BCUT2D eigenvalue weighted by molar-refractivity contribution is 7.99. The topological polar surface area (TPSA) is 78.0 Å². The van der Waals surface area contributed by atoms with E-state index in [1.165, 1.54) is 17.8 Å². The predicted molar refractivity (Wildman–Crippen MR) is 103 cm³/mol. The molecule has 0 fully saturated rings. The number of benzene rings is 2. The van der Waals surface area contributed by atoms with Crippen LogP contribution in [0.15, 0.2) is 60.3 Å². The lowest BCUT2D eigenvalue weighted by atomic mass is 10.1. The Morgan fingerprint density at radius 1 is 1.35 bits per heavy atom. The lowest BCUT2D eigenvalue weighted by Crippen LogP contribution is -2.06. The van der Waals surface area contributed by atoms with Crippen molar-refractivity contribution in [1.29, 1.82) is 0 Å². The van der Waals surface area contributed by atoms with Gasteiger partial charge >= 0.3 is 0 Å². The van der Waals surface area contributed by atoms with Gasteiger partial charge in [0.15, 0.2) is 10.9 Å². The minimum absolute atomic E-state index is 0.0419. The number of aromatic nitrogens is 2. The molecule has 3 aromatic rings. The second kappa shape index (κ2) is 7.53. The van der Waals surface area contributed by atoms with E-state index in [1.807, 2.05) is 28.8 Å². The van der Waals surface area contributed by atoms with Crippen molar-refractivity contribution in [2.75, 3.05) is 5.75 Å². The first kappa shape index (κ1) is 17.9. The van der Waals surface area contributed by atoms with E-state index in [0.29, 0.717) is 17.7 Å². The number of allylic oxidation sites excluding steroid dienone is 1. The average molecular weight is 367 g/mol. The van der Waals surface area contributed by atoms with E-state index in [9.17, 15) is 14.9 Å². The van der Waals surface area contributed by atoms with Gasteiger partial charge in [-0.1, -0.05) is 42.1 Å². The summed E-state index contributed by atoms with van der Waals surface area (Å²) in [6, 6.07) is 12.3. The molecular formula is C19H17N3O3S. The third-order valence-electron chi connectivity index (χ3n) is 3.99. The van der Waals surface area contributed by atoms with E-state index < -0.39 is 4.92 Å². The number of imidazole rings is 1. The predicted octanol–water partition coefficient (Wildman–Crippen LogP) is 4.41. The van der Waals surface area contributed by atoms with Crippen LogP contribution in [0.1, 0.15) is 15.9 Å². The van der Waals surface area contributed by atoms with Crippen LogP contribution in [0.2, 0.25) is 0 Å². The summed E-state index contributed by atoms with van der Waals surface area (Å²) in [5.74, 6) is -0.0176. The summed E-state index contributed by atoms with van der Waals surface area (Å²) < 4.78 is 2.00. The highest BCUT2D eigenvalue weighted by Gasteiger charge is 2.17. The molecule has 0 aliphatic carbocycles. The van der Waals surface area contributed by atoms with Gasteiger partial charge in [-0.05, 0) is 19.1 Å². The number of thioether (sulfide) groups is 1. The van der Waals surface area contributed by atoms with Crippen LogP contribution in [0.4, 0.5) is 5.69 Å². The molecule has 6 nitrogen and oxygen atoms in total. The minimum Gasteiger partial charge on any atom is -0.315 e. The second-order valence-electron chi connectivity index (χ2n) is 5.75. The van der Waals surface area contributed by atoms with Crippen molar-refractivity contribution < 1.29 is 9.72 Å². The van der Waals surface area contributed by atoms with Gasteiger partial charge in [0.1, 0.15) is 0 Å². The van der Waals surface area contributed by atoms with Crippen LogP contribution in [0, 0.1) is 17.0 Å². The van der Waals surface area contributed by atoms with Crippen LogP contribution in [0.5, 0.6) is 0 Å². The normalized spacial score (nSPS) is 10.8. The fraction of sp³-hybridized carbons (Fsp3) is 0.158. The highest BCUT2D eigenvalue weighted by atomic mass is 32.2. The molecule has 1 aromatic heterocycles. The van der Waals surface area contributed by atoms with Crippen LogP contribution >= 0.6 is 11.8 Å². The number of Topliss-reactive ketones (excluding diaryl/α,β-unsaturated/α-hetero) is 1. The number of carbonyl (C=O) groups excluding carboxylic acids is 1. The van der Waals surface area contributed by atoms with Gasteiger partial charge < -0.3 is 4.57 Å². The average Bonchev–Trinajstić information content (AvgIpc) is 2.98. The summed E-state index contributed by atoms with van der Waals surface area (Å²) in [6.07, 6.45) is 1.78. The summed E-state index contributed by atoms with van der Waals surface area (Å²) in [6.45, 7) is 6.01. The lowest BCUT2D eigenvalue weighted by molar-refractivity contribution is -0.385. The van der Waals surface area contributed by atoms with Crippen molar-refractivity contribution in [1.82, 2.24) is 9.55 Å². The monoisotopic (exact) mass is 367 g/mol. The summed E-state index contributed by atoms with van der Waals surface area (Å²) >= 11 is 1.32. The molecule has 0 bridgehead atoms. The van der Waals surface area contributed by atoms with Gasteiger partial charge in [-0.3, -0.25) is 14.9 Å². The van der Waals surface area contributed by atoms with E-state index in [1.54, 1.807) is 25.1 Å². The lowest BCUT2D eigenvalue weighted by Gasteiger charge is -2.06. The standard InChI is InChI=1S/C19H17N3O3S/c1-3-10-21-16-7-5-4-6-15(16)20-19(21)26-12-18(23)14-9-8-13(2)17(11-14)22(24)25/h3-9,11H,1,10,12H2,2H3. The summed E-state index contributed by atoms with van der Waals surface area (Å²) in [4.78, 5) is 27.7. The molecule has 7 heteroatoms. The largest absolute Gasteiger partial charge is 0.315 e. The third kappa shape index (κ3) is 3.52. The summed E-state index contributed by atoms with van der Waals surface area (Å²) in [5.41, 5.74) is 2.66. The molecule has 0 unspecified atom stereocenters. The fourth-order valence-corrected chi connectivity index (χ4v) is 3.58. The minimum atomic E-state index is -0.469. The molecule has 0 amide bonds. The molecule has 0 saturated carbocycles. The second-order valence-corrected chi connectivity index (χ2v) is 6.70. The number of fused-ring (bicyclic) bond motifs is 1. The molecule has 0 atom stereocenters. The van der Waals surface area contributed by atoms with Gasteiger partial charge in [0, 0.05) is 23.7 Å². The van der Waals surface area contributed by atoms with Crippen molar-refractivity contribution >= 4 is 34.3 Å². The van der Waals surface area contributed by atoms with Crippen LogP contribution in [-0.4, -0.2) is 26.0 Å². The SMILES string of the molecule is C=CCn1c(SCC(=O)c2ccc(C)c([N+](=O)[O-])c2)nc2ccccc21. The highest BCUT2D eigenvalue weighted by Crippen LogP contribution is 2.26. The van der Waals surface area contributed by atoms with Crippen molar-refractivity contribution in [2.45, 2.75) is 18.6 Å². The molecule has 26 heavy (non-hydrogen) atoms. The molecule has 0 aliphatic rings. The van der Waals surface area contributed by atoms with Gasteiger partial charge in [-0.25, -0.2) is 4.98 Å². The third-order valence-corrected chi connectivity index (χ3v) is 4.97. The molecule has 0 aliphatic heterocycles. The number of nitro groups is 1. The van der Waals surface area contributed by atoms with Crippen LogP contribution < -0.4 is 0 Å². The molecule has 1 heterocycles. The van der Waals surface area contributed by atoms with Crippen molar-refractivity contribution in [3.63, 3.8) is 0 Å². The Balaban J connectivity index is 1.83. The van der Waals surface area contributed by atoms with Gasteiger partial charge in [0.25, 0.3) is 5.69 Å². The first-order valence-corrected chi connectivity index (χ1v) is 8.97. The maximum absolute atomic E-state index is 12.5. The zero-order valence-corrected chi connectivity index (χ0v) is 15.0. The Kier molecular flexibility index (Phi) is 5.18. The van der Waals surface area contributed by atoms with E-state index in [0.717, 1.165) is 16.2 Å². The van der Waals surface area contributed by atoms with Crippen molar-refractivity contribution in [3.05, 3.63) is 76.4 Å². The van der Waals surface area contributed by atoms with E-state index in [2.05, 4.69) is 11.6 Å². The number of carbonyl (C=O) groups is 1. The zero-order chi connectivity index (χ0) is 18.7. The van der Waals surface area contributed by atoms with Crippen molar-refractivity contribution in [3.8, 4) is 0 Å². The maximum atomic E-state index is 12.5. The van der Waals surface area contributed by atoms with Crippen LogP contribution in [0.25, 0.3) is 11.0 Å². The number of aryl methyl sites for hydroxylation is 1. The van der Waals surface area contributed by atoms with E-state index in [4.69, 9.17) is 0 Å². The zero-order valence-electron chi connectivity index (χ0n) is 14.2. The molecule has 0 N–H and O–H groups in total. The van der Waals surface area contributed by atoms with Gasteiger partial charge in [0.2, 0.25) is 0 Å². The number of para-hydroxylation sites is 2. The summed E-state index contributed by atoms with van der Waals surface area (Å²) in [7, 11) is 0. The number of rotatable bonds is 7. The first-order chi connectivity index (χ1) is 12.5.